The Balaban J connectivity index is 1.76. The van der Waals surface area contributed by atoms with Gasteiger partial charge in [0.1, 0.15) is 12.4 Å². The normalized spacial score (nSPS) is 14.4. The van der Waals surface area contributed by atoms with E-state index in [1.54, 1.807) is 16.9 Å². The van der Waals surface area contributed by atoms with Crippen molar-refractivity contribution in [2.45, 2.75) is 58.6 Å². The molecule has 0 radical (unpaired) electrons. The monoisotopic (exact) mass is 515 g/mol. The number of aryl methyl sites for hydroxylation is 1. The Kier molecular flexibility index (Phi) is 7.30. The van der Waals surface area contributed by atoms with Crippen molar-refractivity contribution in [1.82, 2.24) is 19.2 Å². The van der Waals surface area contributed by atoms with Gasteiger partial charge in [0.05, 0.1) is 17.0 Å². The highest BCUT2D eigenvalue weighted by atomic mass is 28.3. The van der Waals surface area contributed by atoms with Gasteiger partial charge >= 0.3 is 0 Å². The molecule has 1 saturated heterocycles. The topological polar surface area (TPSA) is 64.7 Å². The average Bonchev–Trinajstić information content (AvgIpc) is 3.22. The molecule has 0 unspecified atom stereocenters. The van der Waals surface area contributed by atoms with Crippen LogP contribution in [0, 0.1) is 6.92 Å². The first-order valence-electron chi connectivity index (χ1n) is 13.3. The molecule has 0 amide bonds. The van der Waals surface area contributed by atoms with Crippen LogP contribution in [0.2, 0.25) is 25.7 Å². The minimum atomic E-state index is -1.25. The lowest BCUT2D eigenvalue weighted by atomic mass is 10.1. The van der Waals surface area contributed by atoms with Gasteiger partial charge in [-0.1, -0.05) is 50.0 Å². The second-order valence-corrected chi connectivity index (χ2v) is 16.7. The first-order chi connectivity index (χ1) is 17.8. The lowest BCUT2D eigenvalue weighted by molar-refractivity contribution is 0.0764. The molecule has 0 saturated carbocycles. The van der Waals surface area contributed by atoms with Crippen molar-refractivity contribution in [2.75, 3.05) is 24.6 Å². The smallest absolute Gasteiger partial charge is 0.281 e. The van der Waals surface area contributed by atoms with E-state index >= 15 is 0 Å². The van der Waals surface area contributed by atoms with E-state index in [-0.39, 0.29) is 5.56 Å². The molecule has 194 valence electrons. The molecule has 3 aromatic heterocycles. The molecule has 8 heteroatoms. The maximum Gasteiger partial charge on any atom is 0.281 e. The minimum absolute atomic E-state index is 0.0806. The largest absolute Gasteiger partial charge is 0.367 e. The fourth-order valence-electron chi connectivity index (χ4n) is 5.12. The molecule has 1 fully saturated rings. The predicted molar refractivity (Wildman–Crippen MR) is 153 cm³/mol. The number of aromatic nitrogens is 4. The van der Waals surface area contributed by atoms with Crippen LogP contribution in [-0.2, 0) is 11.5 Å². The highest BCUT2D eigenvalue weighted by molar-refractivity contribution is 6.76. The summed E-state index contributed by atoms with van der Waals surface area (Å²) in [5.41, 5.74) is 5.86. The van der Waals surface area contributed by atoms with Gasteiger partial charge in [-0.25, -0.2) is 9.67 Å². The summed E-state index contributed by atoms with van der Waals surface area (Å²) in [5, 5.41) is 0. The van der Waals surface area contributed by atoms with Crippen LogP contribution in [0.3, 0.4) is 0 Å². The van der Waals surface area contributed by atoms with Crippen molar-refractivity contribution in [3.8, 4) is 22.4 Å². The Labute approximate surface area is 219 Å². The van der Waals surface area contributed by atoms with E-state index in [4.69, 9.17) is 9.72 Å². The van der Waals surface area contributed by atoms with E-state index < -0.39 is 8.07 Å². The Morgan fingerprint density at radius 2 is 1.65 bits per heavy atom. The first-order valence-corrected chi connectivity index (χ1v) is 17.0. The van der Waals surface area contributed by atoms with Crippen molar-refractivity contribution >= 4 is 19.4 Å². The van der Waals surface area contributed by atoms with Crippen LogP contribution >= 0.6 is 0 Å². The lowest BCUT2D eigenvalue weighted by Crippen LogP contribution is -2.30. The summed E-state index contributed by atoms with van der Waals surface area (Å²) in [4.78, 5) is 25.9. The van der Waals surface area contributed by atoms with E-state index in [2.05, 4.69) is 41.7 Å². The van der Waals surface area contributed by atoms with Crippen LogP contribution < -0.4 is 10.5 Å². The van der Waals surface area contributed by atoms with E-state index in [9.17, 15) is 4.79 Å². The minimum Gasteiger partial charge on any atom is -0.367 e. The molecule has 1 aliphatic heterocycles. The number of benzene rings is 1. The molecular weight excluding hydrogens is 478 g/mol. The maximum atomic E-state index is 14.3. The quantitative estimate of drug-likeness (QED) is 0.218. The summed E-state index contributed by atoms with van der Waals surface area (Å²) in [5.74, 6) is 0. The van der Waals surface area contributed by atoms with Crippen molar-refractivity contribution < 1.29 is 4.74 Å². The number of rotatable bonds is 8. The van der Waals surface area contributed by atoms with Gasteiger partial charge < -0.3 is 9.64 Å². The number of anilines is 1. The van der Waals surface area contributed by atoms with Crippen molar-refractivity contribution in [2.24, 2.45) is 0 Å². The zero-order valence-corrected chi connectivity index (χ0v) is 23.4. The molecule has 1 aromatic carbocycles. The summed E-state index contributed by atoms with van der Waals surface area (Å²) in [6.07, 6.45) is 6.94. The van der Waals surface area contributed by atoms with Gasteiger partial charge in [-0.15, -0.1) is 0 Å². The third kappa shape index (κ3) is 5.26. The number of piperidine rings is 1. The maximum absolute atomic E-state index is 14.3. The number of ether oxygens (including phenoxy) is 1. The first kappa shape index (κ1) is 25.4. The van der Waals surface area contributed by atoms with Crippen LogP contribution in [0.1, 0.15) is 25.0 Å². The Hall–Kier alpha value is -3.23. The molecular formula is C29H37N5O2Si. The summed E-state index contributed by atoms with van der Waals surface area (Å²) >= 11 is 0. The number of hydrogen-bond donors (Lipinski definition) is 0. The fourth-order valence-corrected chi connectivity index (χ4v) is 5.87. The van der Waals surface area contributed by atoms with Crippen LogP contribution in [0.4, 0.5) is 5.69 Å². The number of nitrogens with zero attached hydrogens (tertiary/aromatic N) is 5. The molecule has 0 N–H and O–H groups in total. The standard InChI is InChI=1S/C29H37N5O2Si/c1-22-25(23-13-15-30-16-14-23)29(35)34-28(31-22)27(32-17-9-6-10-18-32)26(24-11-7-5-8-12-24)33(34)21-36-19-20-37(2,3)4/h5,7-8,11-16H,6,9-10,17-21H2,1-4H3. The molecule has 0 spiro atoms. The molecule has 7 nitrogen and oxygen atoms in total. The predicted octanol–water partition coefficient (Wildman–Crippen LogP) is 5.84. The average molecular weight is 516 g/mol. The third-order valence-electron chi connectivity index (χ3n) is 7.08. The third-order valence-corrected chi connectivity index (χ3v) is 8.78. The van der Waals surface area contributed by atoms with E-state index in [1.165, 1.54) is 6.42 Å². The summed E-state index contributed by atoms with van der Waals surface area (Å²) in [7, 11) is -1.25. The molecule has 37 heavy (non-hydrogen) atoms. The lowest BCUT2D eigenvalue weighted by Gasteiger charge is -2.29. The van der Waals surface area contributed by atoms with Gasteiger partial charge in [-0.05, 0) is 49.9 Å². The van der Waals surface area contributed by atoms with Gasteiger partial charge in [0.15, 0.2) is 5.65 Å². The molecule has 4 heterocycles. The number of fused-ring (bicyclic) bond motifs is 1. The highest BCUT2D eigenvalue weighted by Gasteiger charge is 2.28. The number of pyridine rings is 1. The summed E-state index contributed by atoms with van der Waals surface area (Å²) < 4.78 is 10.0. The van der Waals surface area contributed by atoms with Crippen LogP contribution in [0.15, 0.2) is 59.7 Å². The second kappa shape index (κ2) is 10.6. The van der Waals surface area contributed by atoms with Crippen molar-refractivity contribution in [1.29, 1.82) is 0 Å². The molecule has 0 aliphatic carbocycles. The van der Waals surface area contributed by atoms with Crippen molar-refractivity contribution in [3.05, 3.63) is 70.9 Å². The summed E-state index contributed by atoms with van der Waals surface area (Å²) in [6, 6.07) is 15.2. The SMILES string of the molecule is Cc1nc2c(N3CCCCC3)c(-c3ccccc3)n(COCC[Si](C)(C)C)n2c(=O)c1-c1ccncc1. The molecule has 5 rings (SSSR count). The van der Waals surface area contributed by atoms with Crippen LogP contribution in [0.25, 0.3) is 28.0 Å². The van der Waals surface area contributed by atoms with Gasteiger partial charge in [0.2, 0.25) is 0 Å². The van der Waals surface area contributed by atoms with Gasteiger partial charge in [0, 0.05) is 45.7 Å². The molecule has 0 atom stereocenters. The van der Waals surface area contributed by atoms with Gasteiger partial charge in [-0.2, -0.15) is 4.52 Å². The van der Waals surface area contributed by atoms with Gasteiger partial charge in [-0.3, -0.25) is 9.78 Å². The van der Waals surface area contributed by atoms with Gasteiger partial charge in [0.25, 0.3) is 5.56 Å². The van der Waals surface area contributed by atoms with Crippen LogP contribution in [-0.4, -0.2) is 46.9 Å². The Morgan fingerprint density at radius 3 is 2.32 bits per heavy atom. The second-order valence-electron chi connectivity index (χ2n) is 11.1. The van der Waals surface area contributed by atoms with E-state index in [0.717, 1.165) is 60.2 Å². The van der Waals surface area contributed by atoms with Crippen LogP contribution in [0.5, 0.6) is 0 Å². The number of hydrogen-bond acceptors (Lipinski definition) is 5. The zero-order valence-electron chi connectivity index (χ0n) is 22.4. The fraction of sp³-hybridized carbons (Fsp3) is 0.414. The summed E-state index contributed by atoms with van der Waals surface area (Å²) in [6.45, 7) is 11.9. The highest BCUT2D eigenvalue weighted by Crippen LogP contribution is 2.37. The Morgan fingerprint density at radius 1 is 0.946 bits per heavy atom. The van der Waals surface area contributed by atoms with E-state index in [1.807, 2.05) is 41.9 Å². The zero-order chi connectivity index (χ0) is 26.0. The molecule has 1 aliphatic rings. The van der Waals surface area contributed by atoms with E-state index in [0.29, 0.717) is 24.5 Å². The van der Waals surface area contributed by atoms with Crippen molar-refractivity contribution in [3.63, 3.8) is 0 Å². The molecule has 4 aromatic rings. The Bertz CT molecular complexity index is 1420. The molecule has 0 bridgehead atoms.